The number of aromatic nitrogens is 2. The number of aliphatic hydroxyl groups excluding tert-OH is 1. The average Bonchev–Trinajstić information content (AvgIpc) is 3.07. The van der Waals surface area contributed by atoms with Crippen molar-refractivity contribution < 1.29 is 18.7 Å². The molecule has 5 nitrogen and oxygen atoms in total. The molecule has 7 heteroatoms. The minimum absolute atomic E-state index is 0.0735. The van der Waals surface area contributed by atoms with Gasteiger partial charge < -0.3 is 10.0 Å². The molecule has 1 aliphatic rings. The molecule has 1 saturated heterocycles. The number of hydrogen-bond donors (Lipinski definition) is 2. The van der Waals surface area contributed by atoms with Gasteiger partial charge in [0.15, 0.2) is 0 Å². The fraction of sp³-hybridized carbons (Fsp3) is 0.333. The summed E-state index contributed by atoms with van der Waals surface area (Å²) in [6, 6.07) is 2.42. The van der Waals surface area contributed by atoms with E-state index < -0.39 is 23.8 Å². The van der Waals surface area contributed by atoms with Crippen molar-refractivity contribution in [3.63, 3.8) is 0 Å². The van der Waals surface area contributed by atoms with Gasteiger partial charge >= 0.3 is 0 Å². The number of aromatic amines is 1. The number of nitrogens with zero attached hydrogens (tertiary/aromatic N) is 2. The van der Waals surface area contributed by atoms with E-state index in [1.807, 2.05) is 0 Å². The molecule has 1 aromatic carbocycles. The Hall–Kier alpha value is -2.28. The van der Waals surface area contributed by atoms with Gasteiger partial charge in [-0.3, -0.25) is 9.89 Å². The molecule has 2 heterocycles. The fourth-order valence-electron chi connectivity index (χ4n) is 2.82. The van der Waals surface area contributed by atoms with E-state index in [0.717, 1.165) is 18.2 Å². The minimum Gasteiger partial charge on any atom is -0.391 e. The van der Waals surface area contributed by atoms with Gasteiger partial charge in [-0.1, -0.05) is 0 Å². The Morgan fingerprint density at radius 2 is 2.23 bits per heavy atom. The van der Waals surface area contributed by atoms with Crippen LogP contribution in [0.2, 0.25) is 0 Å². The predicted molar refractivity (Wildman–Crippen MR) is 74.1 cm³/mol. The zero-order valence-electron chi connectivity index (χ0n) is 11.9. The van der Waals surface area contributed by atoms with Gasteiger partial charge in [-0.25, -0.2) is 8.78 Å². The lowest BCUT2D eigenvalue weighted by molar-refractivity contribution is 0.0713. The van der Waals surface area contributed by atoms with Gasteiger partial charge in [-0.2, -0.15) is 5.10 Å². The topological polar surface area (TPSA) is 69.2 Å². The van der Waals surface area contributed by atoms with Crippen LogP contribution in [-0.2, 0) is 0 Å². The van der Waals surface area contributed by atoms with Gasteiger partial charge in [0.25, 0.3) is 5.91 Å². The summed E-state index contributed by atoms with van der Waals surface area (Å²) in [6.07, 6.45) is 0.786. The lowest BCUT2D eigenvalue weighted by atomic mass is 10.0. The molecule has 0 aliphatic carbocycles. The van der Waals surface area contributed by atoms with Crippen molar-refractivity contribution in [1.82, 2.24) is 15.1 Å². The highest BCUT2D eigenvalue weighted by Gasteiger charge is 2.37. The highest BCUT2D eigenvalue weighted by molar-refractivity contribution is 5.95. The minimum atomic E-state index is -0.774. The van der Waals surface area contributed by atoms with Gasteiger partial charge in [0.2, 0.25) is 0 Å². The molecular weight excluding hydrogens is 292 g/mol. The van der Waals surface area contributed by atoms with Crippen molar-refractivity contribution in [3.05, 3.63) is 52.9 Å². The molecule has 2 atom stereocenters. The van der Waals surface area contributed by atoms with E-state index in [0.29, 0.717) is 11.3 Å². The fourth-order valence-corrected chi connectivity index (χ4v) is 2.82. The summed E-state index contributed by atoms with van der Waals surface area (Å²) in [6.45, 7) is 1.77. The quantitative estimate of drug-likeness (QED) is 0.891. The van der Waals surface area contributed by atoms with Gasteiger partial charge in [0.1, 0.15) is 11.6 Å². The van der Waals surface area contributed by atoms with Crippen molar-refractivity contribution in [3.8, 4) is 0 Å². The summed E-state index contributed by atoms with van der Waals surface area (Å²) in [5.74, 6) is -1.54. The molecular formula is C15H15F2N3O2. The zero-order chi connectivity index (χ0) is 15.9. The lowest BCUT2D eigenvalue weighted by Gasteiger charge is -2.25. The third-order valence-electron chi connectivity index (χ3n) is 3.92. The van der Waals surface area contributed by atoms with Crippen LogP contribution in [0, 0.1) is 18.6 Å². The number of carbonyl (C=O) groups excluding carboxylic acids is 1. The number of carbonyl (C=O) groups is 1. The molecule has 3 rings (SSSR count). The Morgan fingerprint density at radius 1 is 1.45 bits per heavy atom. The van der Waals surface area contributed by atoms with Crippen LogP contribution in [0.5, 0.6) is 0 Å². The zero-order valence-corrected chi connectivity index (χ0v) is 11.9. The molecule has 2 N–H and O–H groups in total. The Kier molecular flexibility index (Phi) is 3.66. The van der Waals surface area contributed by atoms with Crippen LogP contribution in [0.4, 0.5) is 8.78 Å². The van der Waals surface area contributed by atoms with Crippen LogP contribution in [0.25, 0.3) is 0 Å². The summed E-state index contributed by atoms with van der Waals surface area (Å²) in [5, 5.41) is 16.3. The summed E-state index contributed by atoms with van der Waals surface area (Å²) < 4.78 is 27.4. The first kappa shape index (κ1) is 14.6. The maximum Gasteiger partial charge on any atom is 0.257 e. The summed E-state index contributed by atoms with van der Waals surface area (Å²) >= 11 is 0. The smallest absolute Gasteiger partial charge is 0.257 e. The maximum absolute atomic E-state index is 14.0. The van der Waals surface area contributed by atoms with Crippen molar-refractivity contribution >= 4 is 5.91 Å². The molecule has 0 spiro atoms. The molecule has 116 valence electrons. The Morgan fingerprint density at radius 3 is 2.91 bits per heavy atom. The van der Waals surface area contributed by atoms with E-state index in [1.165, 1.54) is 11.1 Å². The van der Waals surface area contributed by atoms with Crippen LogP contribution in [0.1, 0.15) is 34.1 Å². The summed E-state index contributed by atoms with van der Waals surface area (Å²) in [7, 11) is 0. The molecule has 1 aromatic heterocycles. The molecule has 0 saturated carbocycles. The van der Waals surface area contributed by atoms with Crippen LogP contribution in [0.15, 0.2) is 24.4 Å². The number of amides is 1. The van der Waals surface area contributed by atoms with Gasteiger partial charge in [0.05, 0.1) is 23.9 Å². The number of nitrogens with one attached hydrogen (secondary N) is 1. The first-order valence-electron chi connectivity index (χ1n) is 6.91. The second kappa shape index (κ2) is 5.49. The molecule has 1 amide bonds. The number of β-amino-alcohol motifs (C(OH)–C–C–N with tert-alkyl or cyclic N) is 1. The van der Waals surface area contributed by atoms with Crippen LogP contribution in [0.3, 0.4) is 0 Å². The third-order valence-corrected chi connectivity index (χ3v) is 3.92. The SMILES string of the molecule is Cc1[nH]ncc1C(=O)N1C[C@H](O)C[C@H]1c1cc(F)ccc1F. The molecule has 0 bridgehead atoms. The molecule has 2 aromatic rings. The second-order valence-corrected chi connectivity index (χ2v) is 5.44. The van der Waals surface area contributed by atoms with E-state index in [4.69, 9.17) is 0 Å². The van der Waals surface area contributed by atoms with Crippen molar-refractivity contribution in [2.45, 2.75) is 25.5 Å². The van der Waals surface area contributed by atoms with Gasteiger partial charge in [0, 0.05) is 17.8 Å². The lowest BCUT2D eigenvalue weighted by Crippen LogP contribution is -2.32. The third kappa shape index (κ3) is 2.48. The first-order valence-corrected chi connectivity index (χ1v) is 6.91. The Bertz CT molecular complexity index is 717. The van der Waals surface area contributed by atoms with E-state index in [-0.39, 0.29) is 24.4 Å². The first-order chi connectivity index (χ1) is 10.5. The number of hydrogen-bond acceptors (Lipinski definition) is 3. The van der Waals surface area contributed by atoms with E-state index in [1.54, 1.807) is 6.92 Å². The number of rotatable bonds is 2. The summed E-state index contributed by atoms with van der Waals surface area (Å²) in [4.78, 5) is 14.0. The number of H-pyrrole nitrogens is 1. The molecule has 0 radical (unpaired) electrons. The molecule has 1 fully saturated rings. The average molecular weight is 307 g/mol. The Labute approximate surface area is 125 Å². The number of aryl methyl sites for hydroxylation is 1. The second-order valence-electron chi connectivity index (χ2n) is 5.44. The number of halogens is 2. The maximum atomic E-state index is 14.0. The van der Waals surface area contributed by atoms with E-state index in [2.05, 4.69) is 10.2 Å². The van der Waals surface area contributed by atoms with E-state index >= 15 is 0 Å². The van der Waals surface area contributed by atoms with Crippen LogP contribution in [-0.4, -0.2) is 38.8 Å². The highest BCUT2D eigenvalue weighted by atomic mass is 19.1. The van der Waals surface area contributed by atoms with Crippen LogP contribution >= 0.6 is 0 Å². The predicted octanol–water partition coefficient (Wildman–Crippen LogP) is 1.94. The van der Waals surface area contributed by atoms with Crippen LogP contribution < -0.4 is 0 Å². The van der Waals surface area contributed by atoms with Crippen molar-refractivity contribution in [2.24, 2.45) is 0 Å². The number of benzene rings is 1. The largest absolute Gasteiger partial charge is 0.391 e. The van der Waals surface area contributed by atoms with Crippen molar-refractivity contribution in [1.29, 1.82) is 0 Å². The van der Waals surface area contributed by atoms with Gasteiger partial charge in [-0.15, -0.1) is 0 Å². The molecule has 22 heavy (non-hydrogen) atoms. The normalized spacial score (nSPS) is 21.4. The van der Waals surface area contributed by atoms with E-state index in [9.17, 15) is 18.7 Å². The number of aliphatic hydroxyl groups is 1. The Balaban J connectivity index is 1.98. The monoisotopic (exact) mass is 307 g/mol. The molecule has 1 aliphatic heterocycles. The molecule has 0 unspecified atom stereocenters. The standard InChI is InChI=1S/C15H15F2N3O2/c1-8-12(6-18-19-8)15(22)20-7-10(21)5-14(20)11-4-9(16)2-3-13(11)17/h2-4,6,10,14,21H,5,7H2,1H3,(H,18,19)/t10-,14+/m1/s1. The van der Waals surface area contributed by atoms with Gasteiger partial charge in [-0.05, 0) is 31.5 Å². The number of likely N-dealkylation sites (tertiary alicyclic amines) is 1. The highest BCUT2D eigenvalue weighted by Crippen LogP contribution is 2.35. The summed E-state index contributed by atoms with van der Waals surface area (Å²) in [5.41, 5.74) is 1.02. The van der Waals surface area contributed by atoms with Crippen molar-refractivity contribution in [2.75, 3.05) is 6.54 Å².